The Labute approximate surface area is 169 Å². The molecule has 6 nitrogen and oxygen atoms in total. The van der Waals surface area contributed by atoms with E-state index in [1.54, 1.807) is 0 Å². The number of anilines is 1. The summed E-state index contributed by atoms with van der Waals surface area (Å²) < 4.78 is 5.52. The number of nitrogens with zero attached hydrogens (tertiary/aromatic N) is 1. The largest absolute Gasteiger partial charge is 0.494 e. The van der Waals surface area contributed by atoms with Crippen LogP contribution in [0.3, 0.4) is 0 Å². The van der Waals surface area contributed by atoms with Crippen LogP contribution >= 0.6 is 0 Å². The number of likely N-dealkylation sites (tertiary alicyclic amines) is 1. The van der Waals surface area contributed by atoms with Crippen LogP contribution in [0.4, 0.5) is 5.69 Å². The molecule has 6 heteroatoms. The van der Waals surface area contributed by atoms with Crippen molar-refractivity contribution in [1.82, 2.24) is 9.88 Å². The highest BCUT2D eigenvalue weighted by atomic mass is 16.5. The number of carbonyl (C=O) groups is 2. The molecule has 0 atom stereocenters. The van der Waals surface area contributed by atoms with E-state index in [9.17, 15) is 9.59 Å². The molecule has 2 amide bonds. The Morgan fingerprint density at radius 3 is 2.59 bits per heavy atom. The van der Waals surface area contributed by atoms with Gasteiger partial charge in [0, 0.05) is 41.7 Å². The molecule has 1 aliphatic rings. The molecule has 4 rings (SSSR count). The molecule has 2 N–H and O–H groups in total. The summed E-state index contributed by atoms with van der Waals surface area (Å²) in [5.41, 5.74) is 2.26. The molecule has 2 heterocycles. The van der Waals surface area contributed by atoms with Gasteiger partial charge in [0.15, 0.2) is 0 Å². The number of carbonyl (C=O) groups excluding carboxylic acids is 2. The van der Waals surface area contributed by atoms with Gasteiger partial charge in [-0.05, 0) is 50.1 Å². The minimum Gasteiger partial charge on any atom is -0.494 e. The molecule has 150 valence electrons. The molecule has 0 aliphatic carbocycles. The highest BCUT2D eigenvalue weighted by Crippen LogP contribution is 2.24. The molecular formula is C23H25N3O3. The van der Waals surface area contributed by atoms with Crippen LogP contribution in [0, 0.1) is 5.92 Å². The number of fused-ring (bicyclic) bond motifs is 1. The highest BCUT2D eigenvalue weighted by Gasteiger charge is 2.28. The van der Waals surface area contributed by atoms with Crippen molar-refractivity contribution >= 4 is 28.4 Å². The molecule has 0 bridgehead atoms. The van der Waals surface area contributed by atoms with E-state index in [0.717, 1.165) is 22.3 Å². The standard InChI is InChI=1S/C23H25N3O3/c1-2-29-19-9-8-17-14-21(25-20(17)15-19)23(28)26-12-10-16(11-13-26)22(27)24-18-6-4-3-5-7-18/h3-9,14-16,25H,2,10-13H2,1H3,(H,24,27). The van der Waals surface area contributed by atoms with Crippen molar-refractivity contribution in [3.63, 3.8) is 0 Å². The molecule has 2 aromatic carbocycles. The Bertz CT molecular complexity index is 1000. The van der Waals surface area contributed by atoms with Crippen LogP contribution in [0.1, 0.15) is 30.3 Å². The summed E-state index contributed by atoms with van der Waals surface area (Å²) >= 11 is 0. The van der Waals surface area contributed by atoms with Gasteiger partial charge in [0.05, 0.1) is 6.61 Å². The third kappa shape index (κ3) is 4.26. The number of aromatic nitrogens is 1. The number of H-pyrrole nitrogens is 1. The predicted molar refractivity (Wildman–Crippen MR) is 113 cm³/mol. The van der Waals surface area contributed by atoms with Crippen molar-refractivity contribution in [3.05, 3.63) is 60.3 Å². The van der Waals surface area contributed by atoms with Crippen LogP contribution in [0.25, 0.3) is 10.9 Å². The fourth-order valence-electron chi connectivity index (χ4n) is 3.76. The minimum absolute atomic E-state index is 0.0253. The number of piperidine rings is 1. The molecule has 1 saturated heterocycles. The summed E-state index contributed by atoms with van der Waals surface area (Å²) in [5, 5.41) is 3.94. The van der Waals surface area contributed by atoms with Gasteiger partial charge in [-0.3, -0.25) is 9.59 Å². The number of para-hydroxylation sites is 1. The van der Waals surface area contributed by atoms with E-state index in [-0.39, 0.29) is 17.7 Å². The summed E-state index contributed by atoms with van der Waals surface area (Å²) in [4.78, 5) is 30.4. The summed E-state index contributed by atoms with van der Waals surface area (Å²) in [6, 6.07) is 17.1. The molecule has 0 saturated carbocycles. The normalized spacial score (nSPS) is 14.7. The van der Waals surface area contributed by atoms with Crippen LogP contribution < -0.4 is 10.1 Å². The molecule has 0 unspecified atom stereocenters. The summed E-state index contributed by atoms with van der Waals surface area (Å²) in [7, 11) is 0. The SMILES string of the molecule is CCOc1ccc2cc(C(=O)N3CCC(C(=O)Nc4ccccc4)CC3)[nH]c2c1. The molecule has 3 aromatic rings. The van der Waals surface area contributed by atoms with Crippen molar-refractivity contribution in [2.75, 3.05) is 25.0 Å². The van der Waals surface area contributed by atoms with Crippen LogP contribution in [0.5, 0.6) is 5.75 Å². The number of ether oxygens (including phenoxy) is 1. The lowest BCUT2D eigenvalue weighted by molar-refractivity contribution is -0.121. The number of amides is 2. The topological polar surface area (TPSA) is 74.4 Å². The summed E-state index contributed by atoms with van der Waals surface area (Å²) in [6.07, 6.45) is 1.33. The number of hydrogen-bond donors (Lipinski definition) is 2. The average molecular weight is 391 g/mol. The van der Waals surface area contributed by atoms with Crippen LogP contribution in [0.2, 0.25) is 0 Å². The van der Waals surface area contributed by atoms with E-state index < -0.39 is 0 Å². The van der Waals surface area contributed by atoms with Gasteiger partial charge in [-0.25, -0.2) is 0 Å². The van der Waals surface area contributed by atoms with E-state index in [2.05, 4.69) is 10.3 Å². The van der Waals surface area contributed by atoms with Gasteiger partial charge in [0.2, 0.25) is 5.91 Å². The molecule has 1 aromatic heterocycles. The van der Waals surface area contributed by atoms with E-state index in [1.807, 2.05) is 66.4 Å². The van der Waals surface area contributed by atoms with Gasteiger partial charge < -0.3 is 19.9 Å². The van der Waals surface area contributed by atoms with Crippen LogP contribution in [0.15, 0.2) is 54.6 Å². The molecule has 0 spiro atoms. The first kappa shape index (κ1) is 19.1. The molecular weight excluding hydrogens is 366 g/mol. The number of hydrogen-bond acceptors (Lipinski definition) is 3. The number of nitrogens with one attached hydrogen (secondary N) is 2. The third-order valence-corrected chi connectivity index (χ3v) is 5.33. The van der Waals surface area contributed by atoms with Crippen LogP contribution in [-0.4, -0.2) is 41.4 Å². The lowest BCUT2D eigenvalue weighted by atomic mass is 9.95. The molecule has 29 heavy (non-hydrogen) atoms. The monoisotopic (exact) mass is 391 g/mol. The average Bonchev–Trinajstić information content (AvgIpc) is 3.18. The van der Waals surface area contributed by atoms with Gasteiger partial charge in [-0.2, -0.15) is 0 Å². The fraction of sp³-hybridized carbons (Fsp3) is 0.304. The van der Waals surface area contributed by atoms with Gasteiger partial charge in [0.25, 0.3) is 5.91 Å². The van der Waals surface area contributed by atoms with Crippen molar-refractivity contribution in [1.29, 1.82) is 0 Å². The quantitative estimate of drug-likeness (QED) is 0.689. The number of benzene rings is 2. The van der Waals surface area contributed by atoms with Crippen LogP contribution in [-0.2, 0) is 4.79 Å². The molecule has 1 fully saturated rings. The lowest BCUT2D eigenvalue weighted by Gasteiger charge is -2.31. The van der Waals surface area contributed by atoms with Gasteiger partial charge >= 0.3 is 0 Å². The lowest BCUT2D eigenvalue weighted by Crippen LogP contribution is -2.41. The zero-order valence-corrected chi connectivity index (χ0v) is 16.5. The fourth-order valence-corrected chi connectivity index (χ4v) is 3.76. The van der Waals surface area contributed by atoms with Crippen molar-refractivity contribution in [2.45, 2.75) is 19.8 Å². The van der Waals surface area contributed by atoms with Gasteiger partial charge in [0.1, 0.15) is 11.4 Å². The number of aromatic amines is 1. The first-order chi connectivity index (χ1) is 14.1. The Kier molecular flexibility index (Phi) is 5.51. The summed E-state index contributed by atoms with van der Waals surface area (Å²) in [5.74, 6) is 0.709. The highest BCUT2D eigenvalue weighted by molar-refractivity contribution is 5.98. The summed E-state index contributed by atoms with van der Waals surface area (Å²) in [6.45, 7) is 3.69. The van der Waals surface area contributed by atoms with E-state index >= 15 is 0 Å². The first-order valence-corrected chi connectivity index (χ1v) is 10.0. The van der Waals surface area contributed by atoms with Gasteiger partial charge in [-0.15, -0.1) is 0 Å². The second-order valence-corrected chi connectivity index (χ2v) is 7.29. The van der Waals surface area contributed by atoms with E-state index in [0.29, 0.717) is 38.2 Å². The second kappa shape index (κ2) is 8.39. The van der Waals surface area contributed by atoms with E-state index in [4.69, 9.17) is 4.74 Å². The zero-order valence-electron chi connectivity index (χ0n) is 16.5. The first-order valence-electron chi connectivity index (χ1n) is 10.0. The van der Waals surface area contributed by atoms with E-state index in [1.165, 1.54) is 0 Å². The molecule has 0 radical (unpaired) electrons. The maximum atomic E-state index is 12.9. The zero-order chi connectivity index (χ0) is 20.2. The number of rotatable bonds is 5. The molecule has 1 aliphatic heterocycles. The maximum Gasteiger partial charge on any atom is 0.270 e. The minimum atomic E-state index is -0.0734. The Balaban J connectivity index is 1.37. The van der Waals surface area contributed by atoms with Crippen molar-refractivity contribution in [3.8, 4) is 5.75 Å². The Morgan fingerprint density at radius 2 is 1.86 bits per heavy atom. The second-order valence-electron chi connectivity index (χ2n) is 7.29. The third-order valence-electron chi connectivity index (χ3n) is 5.33. The van der Waals surface area contributed by atoms with Gasteiger partial charge in [-0.1, -0.05) is 18.2 Å². The maximum absolute atomic E-state index is 12.9. The van der Waals surface area contributed by atoms with Crippen molar-refractivity contribution < 1.29 is 14.3 Å². The predicted octanol–water partition coefficient (Wildman–Crippen LogP) is 4.06. The smallest absolute Gasteiger partial charge is 0.270 e. The Morgan fingerprint density at radius 1 is 1.10 bits per heavy atom. The Hall–Kier alpha value is -3.28. The van der Waals surface area contributed by atoms with Crippen molar-refractivity contribution in [2.24, 2.45) is 5.92 Å².